The van der Waals surface area contributed by atoms with Crippen LogP contribution in [0.15, 0.2) is 66.7 Å². The van der Waals surface area contributed by atoms with Crippen molar-refractivity contribution >= 4 is 22.6 Å². The quantitative estimate of drug-likeness (QED) is 0.373. The largest absolute Gasteiger partial charge is 0.319 e. The highest BCUT2D eigenvalue weighted by atomic mass is 35.5. The number of imidazole rings is 1. The third kappa shape index (κ3) is 3.43. The summed E-state index contributed by atoms with van der Waals surface area (Å²) >= 11 is 6.29. The van der Waals surface area contributed by atoms with E-state index in [1.807, 2.05) is 28.8 Å². The maximum absolute atomic E-state index is 14.4. The van der Waals surface area contributed by atoms with E-state index in [2.05, 4.69) is 45.0 Å². The summed E-state index contributed by atoms with van der Waals surface area (Å²) in [5.41, 5.74) is 4.65. The van der Waals surface area contributed by atoms with Gasteiger partial charge >= 0.3 is 0 Å². The molecule has 0 saturated heterocycles. The van der Waals surface area contributed by atoms with Crippen molar-refractivity contribution in [1.82, 2.24) is 9.55 Å². The Hall–Kier alpha value is -2.65. The summed E-state index contributed by atoms with van der Waals surface area (Å²) in [6.07, 6.45) is 0. The first-order valence-electron chi connectivity index (χ1n) is 9.33. The molecule has 3 aromatic carbocycles. The smallest absolute Gasteiger partial charge is 0.141 e. The lowest BCUT2D eigenvalue weighted by atomic mass is 9.87. The van der Waals surface area contributed by atoms with Crippen molar-refractivity contribution in [1.29, 1.82) is 0 Å². The van der Waals surface area contributed by atoms with E-state index in [9.17, 15) is 4.39 Å². The number of fused-ring (bicyclic) bond motifs is 1. The van der Waals surface area contributed by atoms with Crippen molar-refractivity contribution in [3.05, 3.63) is 88.7 Å². The van der Waals surface area contributed by atoms with E-state index in [1.165, 1.54) is 11.6 Å². The molecule has 0 amide bonds. The zero-order valence-corrected chi connectivity index (χ0v) is 17.0. The summed E-state index contributed by atoms with van der Waals surface area (Å²) in [6.45, 7) is 6.90. The van der Waals surface area contributed by atoms with Crippen LogP contribution in [0.3, 0.4) is 0 Å². The predicted octanol–water partition coefficient (Wildman–Crippen LogP) is 6.84. The van der Waals surface area contributed by atoms with Crippen LogP contribution < -0.4 is 0 Å². The summed E-state index contributed by atoms with van der Waals surface area (Å²) in [4.78, 5) is 4.83. The average molecular weight is 393 g/mol. The molecule has 1 aromatic heterocycles. The Morgan fingerprint density at radius 1 is 0.929 bits per heavy atom. The van der Waals surface area contributed by atoms with Gasteiger partial charge in [-0.25, -0.2) is 9.37 Å². The fourth-order valence-corrected chi connectivity index (χ4v) is 3.64. The van der Waals surface area contributed by atoms with Crippen LogP contribution in [-0.4, -0.2) is 9.55 Å². The second-order valence-corrected chi connectivity index (χ2v) is 8.45. The molecular weight excluding hydrogens is 371 g/mol. The first-order chi connectivity index (χ1) is 13.3. The number of hydrogen-bond donors (Lipinski definition) is 0. The SMILES string of the molecule is CC(C)(C)c1ccc(-c2nc3ccccc3n2Cc2c(F)cccc2Cl)cc1. The van der Waals surface area contributed by atoms with E-state index in [0.717, 1.165) is 22.4 Å². The topological polar surface area (TPSA) is 17.8 Å². The van der Waals surface area contributed by atoms with Gasteiger partial charge in [0.1, 0.15) is 11.6 Å². The molecular formula is C24H22ClFN2. The van der Waals surface area contributed by atoms with Gasteiger partial charge in [-0.1, -0.05) is 74.8 Å². The van der Waals surface area contributed by atoms with Crippen LogP contribution in [-0.2, 0) is 12.0 Å². The van der Waals surface area contributed by atoms with Gasteiger partial charge in [0.25, 0.3) is 0 Å². The number of para-hydroxylation sites is 2. The number of halogens is 2. The molecule has 0 aliphatic rings. The van der Waals surface area contributed by atoms with E-state index >= 15 is 0 Å². The lowest BCUT2D eigenvalue weighted by Gasteiger charge is -2.19. The van der Waals surface area contributed by atoms with Crippen LogP contribution in [0.2, 0.25) is 5.02 Å². The number of nitrogens with zero attached hydrogens (tertiary/aromatic N) is 2. The first-order valence-corrected chi connectivity index (χ1v) is 9.71. The molecule has 28 heavy (non-hydrogen) atoms. The van der Waals surface area contributed by atoms with Gasteiger partial charge < -0.3 is 4.57 Å². The minimum Gasteiger partial charge on any atom is -0.319 e. The van der Waals surface area contributed by atoms with Gasteiger partial charge in [0.15, 0.2) is 0 Å². The van der Waals surface area contributed by atoms with Gasteiger partial charge in [-0.2, -0.15) is 0 Å². The van der Waals surface area contributed by atoms with E-state index in [4.69, 9.17) is 16.6 Å². The van der Waals surface area contributed by atoms with E-state index < -0.39 is 0 Å². The molecule has 4 rings (SSSR count). The van der Waals surface area contributed by atoms with Crippen molar-refractivity contribution in [2.75, 3.05) is 0 Å². The highest BCUT2D eigenvalue weighted by Gasteiger charge is 2.18. The molecule has 0 unspecified atom stereocenters. The van der Waals surface area contributed by atoms with Gasteiger partial charge in [-0.15, -0.1) is 0 Å². The molecule has 0 aliphatic heterocycles. The molecule has 2 nitrogen and oxygen atoms in total. The zero-order valence-electron chi connectivity index (χ0n) is 16.2. The first kappa shape index (κ1) is 18.7. The minimum absolute atomic E-state index is 0.0827. The molecule has 142 valence electrons. The Bertz CT molecular complexity index is 1120. The molecule has 0 saturated carbocycles. The Balaban J connectivity index is 1.86. The van der Waals surface area contributed by atoms with E-state index in [1.54, 1.807) is 12.1 Å². The summed E-state index contributed by atoms with van der Waals surface area (Å²) < 4.78 is 16.5. The molecule has 1 heterocycles. The van der Waals surface area contributed by atoms with Crippen molar-refractivity contribution in [2.45, 2.75) is 32.7 Å². The fraction of sp³-hybridized carbons (Fsp3) is 0.208. The molecule has 0 N–H and O–H groups in total. The molecule has 0 aliphatic carbocycles. The van der Waals surface area contributed by atoms with Gasteiger partial charge in [0.05, 0.1) is 17.6 Å². The van der Waals surface area contributed by atoms with Crippen LogP contribution >= 0.6 is 11.6 Å². The Morgan fingerprint density at radius 2 is 1.64 bits per heavy atom. The maximum Gasteiger partial charge on any atom is 0.141 e. The van der Waals surface area contributed by atoms with E-state index in [-0.39, 0.29) is 11.2 Å². The van der Waals surface area contributed by atoms with Gasteiger partial charge in [0.2, 0.25) is 0 Å². The molecule has 4 heteroatoms. The second kappa shape index (κ2) is 7.06. The highest BCUT2D eigenvalue weighted by Crippen LogP contribution is 2.30. The zero-order chi connectivity index (χ0) is 19.9. The summed E-state index contributed by atoms with van der Waals surface area (Å²) in [6, 6.07) is 21.1. The van der Waals surface area contributed by atoms with Crippen molar-refractivity contribution in [3.63, 3.8) is 0 Å². The van der Waals surface area contributed by atoms with Crippen molar-refractivity contribution in [3.8, 4) is 11.4 Å². The van der Waals surface area contributed by atoms with Crippen LogP contribution in [0.1, 0.15) is 31.9 Å². The van der Waals surface area contributed by atoms with Crippen molar-refractivity contribution in [2.24, 2.45) is 0 Å². The Morgan fingerprint density at radius 3 is 2.32 bits per heavy atom. The van der Waals surface area contributed by atoms with E-state index in [0.29, 0.717) is 17.1 Å². The normalized spacial score (nSPS) is 11.9. The van der Waals surface area contributed by atoms with Gasteiger partial charge in [-0.3, -0.25) is 0 Å². The fourth-order valence-electron chi connectivity index (χ4n) is 3.42. The summed E-state index contributed by atoms with van der Waals surface area (Å²) in [5.74, 6) is 0.500. The van der Waals surface area contributed by atoms with Crippen molar-refractivity contribution < 1.29 is 4.39 Å². The third-order valence-corrected chi connectivity index (χ3v) is 5.40. The Labute approximate surface area is 169 Å². The molecule has 4 aromatic rings. The molecule has 0 radical (unpaired) electrons. The number of benzene rings is 3. The number of aromatic nitrogens is 2. The van der Waals surface area contributed by atoms with Crippen LogP contribution in [0.5, 0.6) is 0 Å². The third-order valence-electron chi connectivity index (χ3n) is 5.04. The standard InChI is InChI=1S/C24H22ClFN2/c1-24(2,3)17-13-11-16(12-14-17)23-27-21-9-4-5-10-22(21)28(23)15-18-19(25)7-6-8-20(18)26/h4-14H,15H2,1-3H3. The summed E-state index contributed by atoms with van der Waals surface area (Å²) in [7, 11) is 0. The summed E-state index contributed by atoms with van der Waals surface area (Å²) in [5, 5.41) is 0.423. The maximum atomic E-state index is 14.4. The molecule has 0 fully saturated rings. The lowest BCUT2D eigenvalue weighted by molar-refractivity contribution is 0.590. The second-order valence-electron chi connectivity index (χ2n) is 8.04. The molecule has 0 spiro atoms. The van der Waals surface area contributed by atoms with Gasteiger partial charge in [-0.05, 0) is 35.2 Å². The molecule has 0 atom stereocenters. The molecule has 0 bridgehead atoms. The lowest BCUT2D eigenvalue weighted by Crippen LogP contribution is -2.10. The predicted molar refractivity (Wildman–Crippen MR) is 114 cm³/mol. The Kier molecular flexibility index (Phi) is 4.72. The van der Waals surface area contributed by atoms with Gasteiger partial charge in [0, 0.05) is 16.1 Å². The number of hydrogen-bond acceptors (Lipinski definition) is 1. The highest BCUT2D eigenvalue weighted by molar-refractivity contribution is 6.31. The number of rotatable bonds is 3. The average Bonchev–Trinajstić information content (AvgIpc) is 3.03. The minimum atomic E-state index is -0.306. The van der Waals surface area contributed by atoms with Crippen LogP contribution in [0.25, 0.3) is 22.4 Å². The van der Waals surface area contributed by atoms with Crippen LogP contribution in [0.4, 0.5) is 4.39 Å². The monoisotopic (exact) mass is 392 g/mol. The van der Waals surface area contributed by atoms with Crippen LogP contribution in [0, 0.1) is 5.82 Å².